The normalized spacial score (nSPS) is 11.9. The first-order chi connectivity index (χ1) is 26.4. The quantitative estimate of drug-likeness (QED) is 0.0350. The Morgan fingerprint density at radius 1 is 0.500 bits per heavy atom. The molecular weight excluding hydrogens is 693 g/mol. The third-order valence-electron chi connectivity index (χ3n) is 9.17. The number of hydrogen-bond acceptors (Lipinski definition) is 7. The van der Waals surface area contributed by atoms with Gasteiger partial charge in [0.15, 0.2) is 0 Å². The summed E-state index contributed by atoms with van der Waals surface area (Å²) in [5, 5.41) is 0. The molecule has 0 N–H and O–H groups in total. The summed E-state index contributed by atoms with van der Waals surface area (Å²) in [5.74, 6) is 0.772. The van der Waals surface area contributed by atoms with Crippen molar-refractivity contribution in [1.29, 1.82) is 0 Å². The van der Waals surface area contributed by atoms with Crippen LogP contribution in [0.1, 0.15) is 168 Å². The number of amides is 1. The van der Waals surface area contributed by atoms with Gasteiger partial charge in [0, 0.05) is 25.1 Å². The average molecular weight is 775 g/mol. The van der Waals surface area contributed by atoms with Crippen LogP contribution in [0.15, 0.2) is 48.6 Å². The summed E-state index contributed by atoms with van der Waals surface area (Å²) in [4.78, 5) is 41.5. The van der Waals surface area contributed by atoms with Gasteiger partial charge in [-0.1, -0.05) is 127 Å². The van der Waals surface area contributed by atoms with E-state index in [1.54, 1.807) is 16.7 Å². The number of nitrogens with zero attached hydrogens (tertiary/aromatic N) is 2. The van der Waals surface area contributed by atoms with Crippen LogP contribution in [0.5, 0.6) is 0 Å². The highest BCUT2D eigenvalue weighted by Crippen LogP contribution is 2.11. The van der Waals surface area contributed by atoms with Crippen molar-refractivity contribution >= 4 is 29.6 Å². The first-order valence-electron chi connectivity index (χ1n) is 21.8. The van der Waals surface area contributed by atoms with Crippen molar-refractivity contribution in [3.05, 3.63) is 48.6 Å². The molecule has 1 amide bonds. The van der Waals surface area contributed by atoms with Crippen LogP contribution in [0.3, 0.4) is 0 Å². The van der Waals surface area contributed by atoms with Gasteiger partial charge in [0.1, 0.15) is 13.2 Å². The smallest absolute Gasteiger partial charge is 0.305 e. The Balaban J connectivity index is 4.16. The van der Waals surface area contributed by atoms with E-state index in [0.29, 0.717) is 31.7 Å². The topological polar surface area (TPSA) is 76.1 Å². The maximum absolute atomic E-state index is 13.0. The van der Waals surface area contributed by atoms with Gasteiger partial charge in [0.2, 0.25) is 5.91 Å². The second kappa shape index (κ2) is 41.8. The molecule has 0 spiro atoms. The zero-order chi connectivity index (χ0) is 39.6. The van der Waals surface area contributed by atoms with Crippen molar-refractivity contribution in [2.45, 2.75) is 168 Å². The van der Waals surface area contributed by atoms with E-state index in [9.17, 15) is 14.4 Å². The lowest BCUT2D eigenvalue weighted by Crippen LogP contribution is -2.38. The first-order valence-corrected chi connectivity index (χ1v) is 23.0. The van der Waals surface area contributed by atoms with Crippen LogP contribution >= 0.6 is 11.8 Å². The fourth-order valence-electron chi connectivity index (χ4n) is 5.70. The van der Waals surface area contributed by atoms with E-state index in [0.717, 1.165) is 76.5 Å². The predicted octanol–water partition coefficient (Wildman–Crippen LogP) is 11.8. The molecule has 8 heteroatoms. The molecule has 0 radical (unpaired) electrons. The van der Waals surface area contributed by atoms with Gasteiger partial charge in [-0.15, -0.1) is 0 Å². The molecule has 7 nitrogen and oxygen atoms in total. The van der Waals surface area contributed by atoms with Crippen LogP contribution in [0.2, 0.25) is 0 Å². The van der Waals surface area contributed by atoms with Gasteiger partial charge in [-0.2, -0.15) is 11.8 Å². The van der Waals surface area contributed by atoms with E-state index < -0.39 is 0 Å². The van der Waals surface area contributed by atoms with Crippen molar-refractivity contribution in [3.8, 4) is 0 Å². The number of carbonyl (C=O) groups excluding carboxylic acids is 3. The fourth-order valence-corrected chi connectivity index (χ4v) is 6.70. The summed E-state index contributed by atoms with van der Waals surface area (Å²) < 4.78 is 11.0. The minimum atomic E-state index is -0.211. The minimum Gasteiger partial charge on any atom is -0.464 e. The SMILES string of the molecule is CCCCCC=CCC=CCCCCCCCC(=O)OCCN(CCOC(=O)CCCCCCC/C=C\C/C=C\CCCCC)C(=O)CSCCN(C)C. The summed E-state index contributed by atoms with van der Waals surface area (Å²) in [6.45, 7) is 6.31. The number of allylic oxidation sites excluding steroid dienone is 8. The van der Waals surface area contributed by atoms with E-state index in [1.807, 2.05) is 14.1 Å². The van der Waals surface area contributed by atoms with E-state index >= 15 is 0 Å². The summed E-state index contributed by atoms with van der Waals surface area (Å²) >= 11 is 1.59. The van der Waals surface area contributed by atoms with Gasteiger partial charge < -0.3 is 19.3 Å². The highest BCUT2D eigenvalue weighted by atomic mass is 32.2. The van der Waals surface area contributed by atoms with Crippen molar-refractivity contribution in [1.82, 2.24) is 9.80 Å². The first kappa shape index (κ1) is 51.7. The second-order valence-electron chi connectivity index (χ2n) is 14.6. The third kappa shape index (κ3) is 39.4. The third-order valence-corrected chi connectivity index (χ3v) is 10.1. The number of ether oxygens (including phenoxy) is 2. The van der Waals surface area contributed by atoms with Gasteiger partial charge in [-0.3, -0.25) is 14.4 Å². The van der Waals surface area contributed by atoms with Crippen LogP contribution < -0.4 is 0 Å². The molecule has 312 valence electrons. The predicted molar refractivity (Wildman–Crippen MR) is 233 cm³/mol. The number of thioether (sulfide) groups is 1. The highest BCUT2D eigenvalue weighted by Gasteiger charge is 2.16. The van der Waals surface area contributed by atoms with Gasteiger partial charge in [-0.25, -0.2) is 0 Å². The second-order valence-corrected chi connectivity index (χ2v) is 15.7. The highest BCUT2D eigenvalue weighted by molar-refractivity contribution is 7.99. The number of rotatable bonds is 39. The minimum absolute atomic E-state index is 0.0201. The number of unbranched alkanes of at least 4 members (excludes halogenated alkanes) is 16. The molecule has 0 unspecified atom stereocenters. The lowest BCUT2D eigenvalue weighted by atomic mass is 10.1. The van der Waals surface area contributed by atoms with Crippen LogP contribution in [-0.2, 0) is 23.9 Å². The van der Waals surface area contributed by atoms with Crippen LogP contribution in [0, 0.1) is 0 Å². The molecular formula is C46H82N2O5S. The van der Waals surface area contributed by atoms with Crippen molar-refractivity contribution in [2.24, 2.45) is 0 Å². The Bertz CT molecular complexity index is 930. The Kier molecular flexibility index (Phi) is 40.0. The summed E-state index contributed by atoms with van der Waals surface area (Å²) in [5.41, 5.74) is 0. The molecule has 0 saturated carbocycles. The standard InChI is InChI=1S/C46H82N2O5S/c1-5-7-9-11-13-15-17-19-21-23-25-27-29-31-33-35-45(50)52-40-37-48(44(49)43-54-42-39-47(3)4)38-41-53-46(51)36-34-32-30-28-26-24-22-20-18-16-14-12-10-8-6-2/h13-16,19-22H,5-12,17-18,23-43H2,1-4H3/b15-13-,16-14?,21-19-,22-20?. The molecule has 0 saturated heterocycles. The summed E-state index contributed by atoms with van der Waals surface area (Å²) in [7, 11) is 4.03. The number of hydrogen-bond donors (Lipinski definition) is 0. The van der Waals surface area contributed by atoms with Crippen LogP contribution in [0.25, 0.3) is 0 Å². The number of carbonyl (C=O) groups is 3. The van der Waals surface area contributed by atoms with Gasteiger partial charge in [0.05, 0.1) is 18.8 Å². The largest absolute Gasteiger partial charge is 0.464 e. The monoisotopic (exact) mass is 775 g/mol. The molecule has 0 fully saturated rings. The number of esters is 2. The van der Waals surface area contributed by atoms with Crippen molar-refractivity contribution < 1.29 is 23.9 Å². The Hall–Kier alpha value is -2.32. The molecule has 0 aromatic carbocycles. The molecule has 0 atom stereocenters. The van der Waals surface area contributed by atoms with E-state index in [4.69, 9.17) is 9.47 Å². The molecule has 0 heterocycles. The van der Waals surface area contributed by atoms with Crippen LogP contribution in [0.4, 0.5) is 0 Å². The summed E-state index contributed by atoms with van der Waals surface area (Å²) in [6, 6.07) is 0. The summed E-state index contributed by atoms with van der Waals surface area (Å²) in [6.07, 6.45) is 44.2. The Morgan fingerprint density at radius 3 is 1.30 bits per heavy atom. The molecule has 0 aliphatic heterocycles. The zero-order valence-corrected chi connectivity index (χ0v) is 36.2. The van der Waals surface area contributed by atoms with Crippen molar-refractivity contribution in [3.63, 3.8) is 0 Å². The van der Waals surface area contributed by atoms with E-state index in [1.165, 1.54) is 77.0 Å². The molecule has 0 aliphatic carbocycles. The molecule has 0 bridgehead atoms. The van der Waals surface area contributed by atoms with Crippen LogP contribution in [-0.4, -0.2) is 86.1 Å². The Labute approximate surface area is 337 Å². The molecule has 0 aromatic heterocycles. The molecule has 54 heavy (non-hydrogen) atoms. The molecule has 0 aromatic rings. The lowest BCUT2D eigenvalue weighted by molar-refractivity contribution is -0.147. The maximum atomic E-state index is 13.0. The maximum Gasteiger partial charge on any atom is 0.305 e. The molecule has 0 aliphatic rings. The fraction of sp³-hybridized carbons (Fsp3) is 0.761. The van der Waals surface area contributed by atoms with E-state index in [-0.39, 0.29) is 31.1 Å². The van der Waals surface area contributed by atoms with E-state index in [2.05, 4.69) is 67.4 Å². The molecule has 0 rings (SSSR count). The Morgan fingerprint density at radius 2 is 0.889 bits per heavy atom. The van der Waals surface area contributed by atoms with Gasteiger partial charge in [-0.05, 0) is 91.1 Å². The van der Waals surface area contributed by atoms with Gasteiger partial charge >= 0.3 is 11.9 Å². The average Bonchev–Trinajstić information content (AvgIpc) is 3.15. The van der Waals surface area contributed by atoms with Crippen molar-refractivity contribution in [2.75, 3.05) is 58.4 Å². The van der Waals surface area contributed by atoms with Gasteiger partial charge in [0.25, 0.3) is 0 Å². The lowest BCUT2D eigenvalue weighted by Gasteiger charge is -2.22. The zero-order valence-electron chi connectivity index (χ0n) is 35.4.